The number of hydrogen-bond donors (Lipinski definition) is 2. The molecule has 3 N–H and O–H groups in total. The summed E-state index contributed by atoms with van der Waals surface area (Å²) in [4.78, 5) is 37.2. The number of para-hydroxylation sites is 1. The lowest BCUT2D eigenvalue weighted by atomic mass is 9.93. The number of nitrogen functional groups attached to an aromatic ring is 1. The second kappa shape index (κ2) is 7.27. The van der Waals surface area contributed by atoms with Crippen molar-refractivity contribution >= 4 is 47.6 Å². The number of rotatable bonds is 3. The van der Waals surface area contributed by atoms with Gasteiger partial charge in [-0.2, -0.15) is 9.61 Å². The Bertz CT molecular complexity index is 1450. The fraction of sp³-hybridized carbons (Fsp3) is 0.227. The number of pyridine rings is 1. The first-order chi connectivity index (χ1) is 16.0. The molecule has 1 atom stereocenters. The van der Waals surface area contributed by atoms with E-state index in [9.17, 15) is 9.59 Å². The van der Waals surface area contributed by atoms with Crippen LogP contribution in [0.25, 0.3) is 27.7 Å². The molecule has 3 aromatic heterocycles. The molecule has 5 heterocycles. The molecule has 0 saturated carbocycles. The summed E-state index contributed by atoms with van der Waals surface area (Å²) in [5.74, 6) is 0.286. The Hall–Kier alpha value is -3.99. The molecule has 6 rings (SSSR count). The Balaban J connectivity index is 1.36. The second-order valence-corrected chi connectivity index (χ2v) is 8.52. The maximum atomic E-state index is 12.1. The molecule has 0 bridgehead atoms. The van der Waals surface area contributed by atoms with Gasteiger partial charge in [-0.15, -0.1) is 0 Å². The topological polar surface area (TPSA) is 122 Å². The number of aromatic nitrogens is 4. The van der Waals surface area contributed by atoms with E-state index in [1.165, 1.54) is 0 Å². The molecule has 0 aliphatic carbocycles. The molecule has 2 aliphatic rings. The highest BCUT2D eigenvalue weighted by Crippen LogP contribution is 2.27. The van der Waals surface area contributed by atoms with Gasteiger partial charge in [-0.25, -0.2) is 9.78 Å². The van der Waals surface area contributed by atoms with Crippen molar-refractivity contribution in [2.75, 3.05) is 25.4 Å². The summed E-state index contributed by atoms with van der Waals surface area (Å²) in [5.41, 5.74) is 11.5. The largest absolute Gasteiger partial charge is 0.384 e. The molecule has 164 valence electrons. The van der Waals surface area contributed by atoms with E-state index in [0.717, 1.165) is 33.2 Å². The zero-order chi connectivity index (χ0) is 22.7. The van der Waals surface area contributed by atoms with Crippen molar-refractivity contribution in [3.63, 3.8) is 0 Å². The first-order valence-electron chi connectivity index (χ1n) is 10.8. The van der Waals surface area contributed by atoms with Gasteiger partial charge in [-0.1, -0.05) is 18.2 Å². The van der Waals surface area contributed by atoms with Crippen LogP contribution >= 0.6 is 0 Å². The first-order valence-corrected chi connectivity index (χ1v) is 10.8. The number of carbonyl (C=O) groups is 2. The van der Waals surface area contributed by atoms with Crippen molar-refractivity contribution in [3.8, 4) is 11.1 Å². The van der Waals surface area contributed by atoms with E-state index in [0.29, 0.717) is 37.6 Å². The second-order valence-electron chi connectivity index (χ2n) is 8.52. The molecule has 1 aromatic carbocycles. The molecule has 11 heteroatoms. The molecule has 1 unspecified atom stereocenters. The molecule has 10 nitrogen and oxygen atoms in total. The SMILES string of the molecule is Bc1c(CN2CCN3C(=O)NC(=O)C3C2)nc2c(-c3cnc4ccccc4c3)cnn2c1N. The lowest BCUT2D eigenvalue weighted by Crippen LogP contribution is -2.53. The predicted octanol–water partition coefficient (Wildman–Crippen LogP) is -0.479. The van der Waals surface area contributed by atoms with Gasteiger partial charge in [0.1, 0.15) is 19.7 Å². The summed E-state index contributed by atoms with van der Waals surface area (Å²) in [6.07, 6.45) is 3.59. The Morgan fingerprint density at radius 1 is 1.18 bits per heavy atom. The number of carbonyl (C=O) groups excluding carboxylic acids is 2. The first kappa shape index (κ1) is 19.7. The summed E-state index contributed by atoms with van der Waals surface area (Å²) < 4.78 is 1.66. The number of nitrogens with one attached hydrogen (secondary N) is 1. The van der Waals surface area contributed by atoms with Crippen LogP contribution in [0.15, 0.2) is 42.7 Å². The van der Waals surface area contributed by atoms with E-state index < -0.39 is 6.04 Å². The number of anilines is 1. The number of fused-ring (bicyclic) bond motifs is 3. The van der Waals surface area contributed by atoms with E-state index in [4.69, 9.17) is 10.7 Å². The summed E-state index contributed by atoms with van der Waals surface area (Å²) >= 11 is 0. The van der Waals surface area contributed by atoms with Crippen molar-refractivity contribution in [1.29, 1.82) is 0 Å². The summed E-state index contributed by atoms with van der Waals surface area (Å²) in [7, 11) is 1.93. The molecule has 3 amide bonds. The van der Waals surface area contributed by atoms with Gasteiger partial charge in [0, 0.05) is 48.9 Å². The maximum Gasteiger partial charge on any atom is 0.324 e. The van der Waals surface area contributed by atoms with E-state index in [2.05, 4.69) is 26.4 Å². The number of amides is 3. The van der Waals surface area contributed by atoms with Gasteiger partial charge in [-0.3, -0.25) is 20.0 Å². The third-order valence-electron chi connectivity index (χ3n) is 6.56. The molecule has 33 heavy (non-hydrogen) atoms. The Kier molecular flexibility index (Phi) is 4.34. The van der Waals surface area contributed by atoms with Gasteiger partial charge >= 0.3 is 6.03 Å². The third-order valence-corrected chi connectivity index (χ3v) is 6.56. The normalized spacial score (nSPS) is 18.8. The number of imide groups is 1. The van der Waals surface area contributed by atoms with E-state index in [-0.39, 0.29) is 11.9 Å². The van der Waals surface area contributed by atoms with Gasteiger partial charge < -0.3 is 10.6 Å². The van der Waals surface area contributed by atoms with Crippen molar-refractivity contribution < 1.29 is 9.59 Å². The summed E-state index contributed by atoms with van der Waals surface area (Å²) in [5, 5.41) is 7.91. The highest BCUT2D eigenvalue weighted by molar-refractivity contribution is 6.36. The minimum Gasteiger partial charge on any atom is -0.384 e. The van der Waals surface area contributed by atoms with Crippen LogP contribution < -0.4 is 16.5 Å². The van der Waals surface area contributed by atoms with Crippen LogP contribution in [0.3, 0.4) is 0 Å². The molecule has 4 aromatic rings. The van der Waals surface area contributed by atoms with Crippen LogP contribution in [-0.4, -0.2) is 74.8 Å². The summed E-state index contributed by atoms with van der Waals surface area (Å²) in [6.45, 7) is 2.15. The van der Waals surface area contributed by atoms with Crippen molar-refractivity contribution in [1.82, 2.24) is 34.7 Å². The molecular weight excluding hydrogens is 419 g/mol. The minimum absolute atomic E-state index is 0.244. The Morgan fingerprint density at radius 3 is 2.91 bits per heavy atom. The van der Waals surface area contributed by atoms with Gasteiger partial charge in [0.25, 0.3) is 5.91 Å². The van der Waals surface area contributed by atoms with Gasteiger partial charge in [0.15, 0.2) is 5.65 Å². The smallest absolute Gasteiger partial charge is 0.324 e. The van der Waals surface area contributed by atoms with E-state index >= 15 is 0 Å². The minimum atomic E-state index is -0.457. The van der Waals surface area contributed by atoms with Crippen LogP contribution in [0.2, 0.25) is 0 Å². The maximum absolute atomic E-state index is 12.1. The van der Waals surface area contributed by atoms with Crippen molar-refractivity contribution in [2.45, 2.75) is 12.6 Å². The molecule has 0 radical (unpaired) electrons. The molecule has 2 aliphatic heterocycles. The standard InChI is InChI=1S/C22H21BN8O2/c23-18-16(10-29-5-6-30-17(11-29)21(32)28-22(30)33)27-20-14(9-26-31(20)19(18)24)13-7-12-3-1-2-4-15(12)25-8-13/h1-4,7-9,17H,5-6,10-11,23-24H2,(H,28,32,33). The number of piperazine rings is 1. The highest BCUT2D eigenvalue weighted by Gasteiger charge is 2.42. The predicted molar refractivity (Wildman–Crippen MR) is 126 cm³/mol. The van der Waals surface area contributed by atoms with Crippen LogP contribution in [-0.2, 0) is 11.3 Å². The Labute approximate surface area is 189 Å². The number of hydrogen-bond acceptors (Lipinski definition) is 7. The molecule has 2 fully saturated rings. The monoisotopic (exact) mass is 440 g/mol. The van der Waals surface area contributed by atoms with Crippen LogP contribution in [0.5, 0.6) is 0 Å². The number of urea groups is 1. The zero-order valence-corrected chi connectivity index (χ0v) is 18.0. The molecule has 2 saturated heterocycles. The lowest BCUT2D eigenvalue weighted by molar-refractivity contribution is -0.122. The van der Waals surface area contributed by atoms with Gasteiger partial charge in [0.05, 0.1) is 17.4 Å². The summed E-state index contributed by atoms with van der Waals surface area (Å²) in [6, 6.07) is 9.26. The van der Waals surface area contributed by atoms with Gasteiger partial charge in [0.2, 0.25) is 0 Å². The lowest BCUT2D eigenvalue weighted by Gasteiger charge is -2.35. The number of benzene rings is 1. The average molecular weight is 440 g/mol. The van der Waals surface area contributed by atoms with Crippen molar-refractivity contribution in [2.24, 2.45) is 0 Å². The Morgan fingerprint density at radius 2 is 2.03 bits per heavy atom. The van der Waals surface area contributed by atoms with Crippen molar-refractivity contribution in [3.05, 3.63) is 48.4 Å². The number of nitrogens with zero attached hydrogens (tertiary/aromatic N) is 6. The fourth-order valence-corrected chi connectivity index (χ4v) is 4.64. The van der Waals surface area contributed by atoms with Gasteiger partial charge in [-0.05, 0) is 17.6 Å². The van der Waals surface area contributed by atoms with E-state index in [1.807, 2.05) is 38.3 Å². The average Bonchev–Trinajstić information content (AvgIpc) is 3.37. The third kappa shape index (κ3) is 3.12. The van der Waals surface area contributed by atoms with Crippen LogP contribution in [0.1, 0.15) is 5.69 Å². The van der Waals surface area contributed by atoms with E-state index in [1.54, 1.807) is 15.6 Å². The molecule has 0 spiro atoms. The fourth-order valence-electron chi connectivity index (χ4n) is 4.64. The highest BCUT2D eigenvalue weighted by atomic mass is 16.2. The quantitative estimate of drug-likeness (QED) is 0.326. The van der Waals surface area contributed by atoms with Crippen LogP contribution in [0.4, 0.5) is 10.6 Å². The van der Waals surface area contributed by atoms with Crippen LogP contribution in [0, 0.1) is 0 Å². The molecular formula is C22H21BN8O2. The number of nitrogens with two attached hydrogens (primary N) is 1. The zero-order valence-electron chi connectivity index (χ0n) is 18.0.